The van der Waals surface area contributed by atoms with E-state index in [4.69, 9.17) is 11.6 Å². The average molecular weight is 320 g/mol. The highest BCUT2D eigenvalue weighted by atomic mass is 35.5. The molecule has 6 heteroatoms. The van der Waals surface area contributed by atoms with Gasteiger partial charge in [0.2, 0.25) is 5.91 Å². The molecule has 1 amide bonds. The first-order valence-electron chi connectivity index (χ1n) is 7.06. The van der Waals surface area contributed by atoms with Gasteiger partial charge in [0.25, 0.3) is 0 Å². The van der Waals surface area contributed by atoms with Gasteiger partial charge in [0.1, 0.15) is 6.04 Å². The van der Waals surface area contributed by atoms with Crippen molar-refractivity contribution in [2.45, 2.75) is 33.2 Å². The van der Waals surface area contributed by atoms with Gasteiger partial charge in [-0.1, -0.05) is 30.7 Å². The lowest BCUT2D eigenvalue weighted by Gasteiger charge is -2.20. The van der Waals surface area contributed by atoms with E-state index in [-0.39, 0.29) is 5.91 Å². The van der Waals surface area contributed by atoms with E-state index in [2.05, 4.69) is 10.3 Å². The van der Waals surface area contributed by atoms with Crippen LogP contribution in [0.5, 0.6) is 0 Å². The minimum absolute atomic E-state index is 0.286. The summed E-state index contributed by atoms with van der Waals surface area (Å²) in [6.07, 6.45) is 0.474. The van der Waals surface area contributed by atoms with Crippen molar-refractivity contribution in [3.05, 3.63) is 57.2 Å². The van der Waals surface area contributed by atoms with Crippen molar-refractivity contribution in [3.8, 4) is 0 Å². The highest BCUT2D eigenvalue weighted by Gasteiger charge is 2.22. The Hall–Kier alpha value is -2.14. The van der Waals surface area contributed by atoms with Crippen LogP contribution in [0.4, 0.5) is 5.69 Å². The smallest absolute Gasteiger partial charge is 0.323 e. The van der Waals surface area contributed by atoms with Gasteiger partial charge in [-0.15, -0.1) is 0 Å². The monoisotopic (exact) mass is 319 g/mol. The van der Waals surface area contributed by atoms with E-state index in [1.165, 1.54) is 4.57 Å². The van der Waals surface area contributed by atoms with Crippen LogP contribution in [0.3, 0.4) is 0 Å². The van der Waals surface area contributed by atoms with Gasteiger partial charge in [-0.25, -0.2) is 4.79 Å². The first-order valence-corrected chi connectivity index (χ1v) is 7.44. The van der Waals surface area contributed by atoms with Crippen LogP contribution >= 0.6 is 11.6 Å². The molecule has 0 fully saturated rings. The lowest BCUT2D eigenvalue weighted by molar-refractivity contribution is -0.119. The summed E-state index contributed by atoms with van der Waals surface area (Å²) < 4.78 is 1.42. The summed E-state index contributed by atoms with van der Waals surface area (Å²) in [5, 5.41) is 3.23. The predicted octanol–water partition coefficient (Wildman–Crippen LogP) is 3.10. The molecule has 0 aliphatic rings. The summed E-state index contributed by atoms with van der Waals surface area (Å²) in [7, 11) is 0. The van der Waals surface area contributed by atoms with Crippen LogP contribution in [-0.4, -0.2) is 15.5 Å². The number of aromatic nitrogens is 2. The van der Waals surface area contributed by atoms with E-state index >= 15 is 0 Å². The maximum absolute atomic E-state index is 12.5. The molecule has 5 nitrogen and oxygen atoms in total. The van der Waals surface area contributed by atoms with E-state index < -0.39 is 11.7 Å². The molecule has 1 N–H and O–H groups in total. The number of carbonyl (C=O) groups excluding carboxylic acids is 1. The Bertz CT molecular complexity index is 755. The van der Waals surface area contributed by atoms with E-state index in [1.807, 2.05) is 6.92 Å². The van der Waals surface area contributed by atoms with Gasteiger partial charge < -0.3 is 5.32 Å². The van der Waals surface area contributed by atoms with Crippen LogP contribution in [-0.2, 0) is 4.79 Å². The van der Waals surface area contributed by atoms with Crippen LogP contribution in [0.15, 0.2) is 35.1 Å². The normalized spacial score (nSPS) is 12.0. The summed E-state index contributed by atoms with van der Waals surface area (Å²) >= 11 is 6.05. The quantitative estimate of drug-likeness (QED) is 0.941. The number of amides is 1. The highest BCUT2D eigenvalue weighted by molar-refractivity contribution is 6.33. The van der Waals surface area contributed by atoms with E-state index in [9.17, 15) is 9.59 Å². The Morgan fingerprint density at radius 2 is 2.05 bits per heavy atom. The van der Waals surface area contributed by atoms with Crippen molar-refractivity contribution in [2.24, 2.45) is 0 Å². The first kappa shape index (κ1) is 16.2. The summed E-state index contributed by atoms with van der Waals surface area (Å²) in [4.78, 5) is 28.6. The number of rotatable bonds is 4. The van der Waals surface area contributed by atoms with Crippen molar-refractivity contribution < 1.29 is 4.79 Å². The molecule has 0 spiro atoms. The largest absolute Gasteiger partial charge is 0.348 e. The lowest BCUT2D eigenvalue weighted by atomic mass is 10.1. The molecule has 2 rings (SSSR count). The number of para-hydroxylation sites is 1. The molecule has 116 valence electrons. The molecular formula is C16H18ClN3O2. The molecule has 0 saturated carbocycles. The maximum Gasteiger partial charge on any atom is 0.348 e. The van der Waals surface area contributed by atoms with Gasteiger partial charge in [-0.05, 0) is 38.5 Å². The van der Waals surface area contributed by atoms with Gasteiger partial charge in [0.05, 0.1) is 10.7 Å². The Labute approximate surface area is 134 Å². The van der Waals surface area contributed by atoms with Crippen LogP contribution in [0.25, 0.3) is 0 Å². The second kappa shape index (κ2) is 6.75. The van der Waals surface area contributed by atoms with E-state index in [0.29, 0.717) is 28.5 Å². The Morgan fingerprint density at radius 1 is 1.36 bits per heavy atom. The minimum atomic E-state index is -0.628. The van der Waals surface area contributed by atoms with Gasteiger partial charge in [-0.2, -0.15) is 4.98 Å². The number of benzene rings is 1. The van der Waals surface area contributed by atoms with Gasteiger partial charge >= 0.3 is 5.69 Å². The minimum Gasteiger partial charge on any atom is -0.323 e. The zero-order valence-electron chi connectivity index (χ0n) is 12.8. The van der Waals surface area contributed by atoms with Crippen LogP contribution in [0, 0.1) is 13.8 Å². The molecule has 0 radical (unpaired) electrons. The van der Waals surface area contributed by atoms with Crippen molar-refractivity contribution in [1.82, 2.24) is 9.55 Å². The zero-order valence-corrected chi connectivity index (χ0v) is 13.5. The van der Waals surface area contributed by atoms with Crippen molar-refractivity contribution in [1.29, 1.82) is 0 Å². The SMILES string of the molecule is CC[C@@H](C(=O)Nc1ccccc1Cl)n1c(C)cc(C)nc1=O. The topological polar surface area (TPSA) is 64.0 Å². The predicted molar refractivity (Wildman–Crippen MR) is 87.4 cm³/mol. The van der Waals surface area contributed by atoms with Gasteiger partial charge in [0.15, 0.2) is 0 Å². The Kier molecular flexibility index (Phi) is 4.98. The lowest BCUT2D eigenvalue weighted by Crippen LogP contribution is -2.36. The van der Waals surface area contributed by atoms with Crippen LogP contribution in [0.1, 0.15) is 30.8 Å². The molecule has 0 bridgehead atoms. The van der Waals surface area contributed by atoms with Crippen LogP contribution < -0.4 is 11.0 Å². The number of nitrogens with one attached hydrogen (secondary N) is 1. The van der Waals surface area contributed by atoms with Crippen LogP contribution in [0.2, 0.25) is 5.02 Å². The van der Waals surface area contributed by atoms with Gasteiger partial charge in [-0.3, -0.25) is 9.36 Å². The van der Waals surface area contributed by atoms with Crippen molar-refractivity contribution in [2.75, 3.05) is 5.32 Å². The third-order valence-corrected chi connectivity index (χ3v) is 3.74. The third kappa shape index (κ3) is 3.36. The first-order chi connectivity index (χ1) is 10.4. The molecule has 22 heavy (non-hydrogen) atoms. The molecule has 0 aliphatic carbocycles. The molecule has 0 unspecified atom stereocenters. The maximum atomic E-state index is 12.5. The summed E-state index contributed by atoms with van der Waals surface area (Å²) in [5.41, 5.74) is 1.45. The van der Waals surface area contributed by atoms with Crippen molar-refractivity contribution in [3.63, 3.8) is 0 Å². The number of hydrogen-bond acceptors (Lipinski definition) is 3. The fourth-order valence-electron chi connectivity index (χ4n) is 2.40. The van der Waals surface area contributed by atoms with Crippen molar-refractivity contribution >= 4 is 23.2 Å². The van der Waals surface area contributed by atoms with E-state index in [1.54, 1.807) is 44.2 Å². The second-order valence-electron chi connectivity index (χ2n) is 5.08. The average Bonchev–Trinajstić information content (AvgIpc) is 2.45. The molecule has 1 atom stereocenters. The third-order valence-electron chi connectivity index (χ3n) is 3.41. The zero-order chi connectivity index (χ0) is 16.3. The molecule has 1 aromatic heterocycles. The molecule has 1 aromatic carbocycles. The highest BCUT2D eigenvalue weighted by Crippen LogP contribution is 2.22. The van der Waals surface area contributed by atoms with Gasteiger partial charge in [0, 0.05) is 11.4 Å². The molecule has 0 saturated heterocycles. The molecular weight excluding hydrogens is 302 g/mol. The molecule has 1 heterocycles. The summed E-state index contributed by atoms with van der Waals surface area (Å²) in [6.45, 7) is 5.40. The Balaban J connectivity index is 2.35. The fraction of sp³-hybridized carbons (Fsp3) is 0.312. The van der Waals surface area contributed by atoms with E-state index in [0.717, 1.165) is 0 Å². The number of carbonyl (C=O) groups is 1. The number of anilines is 1. The number of aryl methyl sites for hydroxylation is 2. The summed E-state index contributed by atoms with van der Waals surface area (Å²) in [6, 6.07) is 8.14. The number of halogens is 1. The molecule has 2 aromatic rings. The number of hydrogen-bond donors (Lipinski definition) is 1. The number of nitrogens with zero attached hydrogens (tertiary/aromatic N) is 2. The standard InChI is InChI=1S/C16H18ClN3O2/c1-4-14(20-11(3)9-10(2)18-16(20)22)15(21)19-13-8-6-5-7-12(13)17/h5-9,14H,4H2,1-3H3,(H,19,21)/t14-/m0/s1. The fourth-order valence-corrected chi connectivity index (χ4v) is 2.59. The molecule has 0 aliphatic heterocycles. The summed E-state index contributed by atoms with van der Waals surface area (Å²) in [5.74, 6) is -0.286. The Morgan fingerprint density at radius 3 is 2.64 bits per heavy atom. The second-order valence-corrected chi connectivity index (χ2v) is 5.49.